The predicted molar refractivity (Wildman–Crippen MR) is 248 cm³/mol. The summed E-state index contributed by atoms with van der Waals surface area (Å²) in [5.41, 5.74) is 11.7. The Hall–Kier alpha value is -4.29. The maximum atomic E-state index is 14.1. The Bertz CT molecular complexity index is 2350. The molecule has 3 aromatic rings. The van der Waals surface area contributed by atoms with E-state index < -0.39 is 31.4 Å². The molecule has 344 valence electrons. The first-order valence-electron chi connectivity index (χ1n) is 23.0. The number of hydrogen-bond donors (Lipinski definition) is 4. The van der Waals surface area contributed by atoms with Gasteiger partial charge in [0.15, 0.2) is 0 Å². The summed E-state index contributed by atoms with van der Waals surface area (Å²) in [6, 6.07) is 18.0. The maximum absolute atomic E-state index is 14.1. The number of hydrazine groups is 1. The lowest BCUT2D eigenvalue weighted by Crippen LogP contribution is -2.47. The summed E-state index contributed by atoms with van der Waals surface area (Å²) in [6.07, 6.45) is 8.01. The van der Waals surface area contributed by atoms with E-state index in [9.17, 15) is 23.3 Å². The number of morpholine rings is 1. The number of anilines is 2. The summed E-state index contributed by atoms with van der Waals surface area (Å²) < 4.78 is 42.5. The number of rotatable bonds is 14. The zero-order valence-electron chi connectivity index (χ0n) is 36.8. The lowest BCUT2D eigenvalue weighted by atomic mass is 9.72. The minimum Gasteiger partial charge on any atom is -0.489 e. The van der Waals surface area contributed by atoms with E-state index in [1.165, 1.54) is 41.7 Å². The highest BCUT2D eigenvalue weighted by Crippen LogP contribution is 2.44. The average Bonchev–Trinajstić information content (AvgIpc) is 4.02. The Morgan fingerprint density at radius 3 is 2.58 bits per heavy atom. The lowest BCUT2D eigenvalue weighted by molar-refractivity contribution is -0.384. The van der Waals surface area contributed by atoms with Gasteiger partial charge in [-0.1, -0.05) is 43.2 Å². The van der Waals surface area contributed by atoms with Gasteiger partial charge in [-0.25, -0.2) is 13.1 Å². The van der Waals surface area contributed by atoms with E-state index >= 15 is 0 Å². The molecule has 3 aromatic carbocycles. The number of carbonyl (C=O) groups is 1. The highest BCUT2D eigenvalue weighted by molar-refractivity contribution is 7.90. The van der Waals surface area contributed by atoms with Crippen LogP contribution >= 0.6 is 11.6 Å². The number of amides is 1. The first-order valence-corrected chi connectivity index (χ1v) is 24.8. The van der Waals surface area contributed by atoms with Crippen molar-refractivity contribution in [3.05, 3.63) is 92.5 Å². The third-order valence-corrected chi connectivity index (χ3v) is 15.7. The van der Waals surface area contributed by atoms with E-state index in [1.54, 1.807) is 6.07 Å². The Labute approximate surface area is 381 Å². The minimum atomic E-state index is -4.53. The van der Waals surface area contributed by atoms with Crippen LogP contribution in [-0.4, -0.2) is 119 Å². The molecule has 3 heterocycles. The Balaban J connectivity index is 0.903. The van der Waals surface area contributed by atoms with Crippen LogP contribution in [0.4, 0.5) is 17.1 Å². The van der Waals surface area contributed by atoms with E-state index in [1.807, 2.05) is 24.3 Å². The molecule has 0 spiro atoms. The van der Waals surface area contributed by atoms with E-state index in [0.29, 0.717) is 24.9 Å². The van der Waals surface area contributed by atoms with Crippen LogP contribution in [0, 0.1) is 21.4 Å². The van der Waals surface area contributed by atoms with Gasteiger partial charge < -0.3 is 19.7 Å². The van der Waals surface area contributed by atoms with Gasteiger partial charge in [0.25, 0.3) is 21.6 Å². The fraction of sp³-hybridized carbons (Fsp3) is 0.553. The van der Waals surface area contributed by atoms with Gasteiger partial charge in [0.1, 0.15) is 17.5 Å². The van der Waals surface area contributed by atoms with Crippen molar-refractivity contribution in [3.63, 3.8) is 0 Å². The van der Waals surface area contributed by atoms with Gasteiger partial charge in [-0.15, -0.1) is 0 Å². The summed E-state index contributed by atoms with van der Waals surface area (Å²) in [6.45, 7) is 12.1. The van der Waals surface area contributed by atoms with Crippen molar-refractivity contribution in [2.24, 2.45) is 11.3 Å². The molecule has 3 saturated heterocycles. The van der Waals surface area contributed by atoms with Crippen LogP contribution < -0.4 is 30.5 Å². The average molecular weight is 918 g/mol. The molecule has 0 bridgehead atoms. The summed E-state index contributed by atoms with van der Waals surface area (Å²) in [5.74, 6) is -0.391. The molecule has 3 aliphatic heterocycles. The van der Waals surface area contributed by atoms with E-state index in [0.717, 1.165) is 108 Å². The van der Waals surface area contributed by atoms with Crippen molar-refractivity contribution in [2.75, 3.05) is 75.7 Å². The van der Waals surface area contributed by atoms with Crippen LogP contribution in [0.15, 0.2) is 71.1 Å². The van der Waals surface area contributed by atoms with Crippen LogP contribution in [0.1, 0.15) is 81.1 Å². The summed E-state index contributed by atoms with van der Waals surface area (Å²) in [5, 5.41) is 16.1. The number of piperazine rings is 1. The van der Waals surface area contributed by atoms with Crippen molar-refractivity contribution in [1.29, 1.82) is 0 Å². The third-order valence-electron chi connectivity index (χ3n) is 14.1. The molecule has 3 aliphatic carbocycles. The molecular weight excluding hydrogens is 856 g/mol. The molecule has 17 heteroatoms. The molecule has 1 amide bonds. The molecule has 4 N–H and O–H groups in total. The number of carbonyl (C=O) groups excluding carboxylic acids is 1. The minimum absolute atomic E-state index is 0.0781. The molecule has 4 unspecified atom stereocenters. The topological polar surface area (TPSA) is 171 Å². The van der Waals surface area contributed by atoms with E-state index in [-0.39, 0.29) is 40.8 Å². The number of hydrogen-bond acceptors (Lipinski definition) is 13. The fourth-order valence-corrected chi connectivity index (χ4v) is 11.4. The molecule has 6 aliphatic rings. The first-order chi connectivity index (χ1) is 30.8. The standard InChI is InChI=1S/C47H61ClN8O7S/c1-47(2)17-16-32(39(26-47)31-6-8-33(48)9-7-31)29-53-18-20-54(21-19-53)35-12-14-38(45(24-35)63-44-5-3-4-41-40(44)28-50-51-41)46(57)52-64(60,61)37-13-15-42(43(25-37)56(58)59)49-27-36-30-55(22-23-62-36)34-10-11-34/h6-9,12-15,24-25,34,36,40-41,44,49-51H,3-5,10-11,16-23,26-30H2,1-2H3,(H,52,57). The smallest absolute Gasteiger partial charge is 0.293 e. The van der Waals surface area contributed by atoms with Gasteiger partial charge in [-0.3, -0.25) is 35.6 Å². The van der Waals surface area contributed by atoms with E-state index in [2.05, 4.69) is 61.6 Å². The number of fused-ring (bicyclic) bond motifs is 1. The molecule has 15 nitrogen and oxygen atoms in total. The molecular formula is C47H61ClN8O7S. The zero-order valence-corrected chi connectivity index (χ0v) is 38.4. The molecule has 0 aromatic heterocycles. The Morgan fingerprint density at radius 1 is 1.02 bits per heavy atom. The van der Waals surface area contributed by atoms with Crippen molar-refractivity contribution in [1.82, 2.24) is 25.4 Å². The third kappa shape index (κ3) is 10.4. The normalized spacial score (nSPS) is 25.5. The lowest BCUT2D eigenvalue weighted by Gasteiger charge is -2.39. The van der Waals surface area contributed by atoms with Gasteiger partial charge in [0, 0.05) is 99.7 Å². The number of benzene rings is 3. The quantitative estimate of drug-likeness (QED) is 0.103. The highest BCUT2D eigenvalue weighted by atomic mass is 35.5. The number of allylic oxidation sites excluding steroid dienone is 1. The number of nitrogens with zero attached hydrogens (tertiary/aromatic N) is 4. The second-order valence-corrected chi connectivity index (χ2v) is 21.3. The molecule has 4 atom stereocenters. The molecule has 9 rings (SSSR count). The van der Waals surface area contributed by atoms with Gasteiger partial charge >= 0.3 is 0 Å². The van der Waals surface area contributed by atoms with Crippen LogP contribution in [0.2, 0.25) is 5.02 Å². The van der Waals surface area contributed by atoms with Gasteiger partial charge in [-0.05, 0) is 104 Å². The van der Waals surface area contributed by atoms with Crippen molar-refractivity contribution < 1.29 is 27.6 Å². The van der Waals surface area contributed by atoms with Gasteiger partial charge in [0.2, 0.25) is 0 Å². The molecule has 2 saturated carbocycles. The Morgan fingerprint density at radius 2 is 1.81 bits per heavy atom. The molecule has 5 fully saturated rings. The number of nitrogens with one attached hydrogen (secondary N) is 4. The van der Waals surface area contributed by atoms with Crippen LogP contribution in [0.25, 0.3) is 5.57 Å². The summed E-state index contributed by atoms with van der Waals surface area (Å²) in [7, 11) is -4.53. The van der Waals surface area contributed by atoms with Crippen LogP contribution in [0.3, 0.4) is 0 Å². The number of halogens is 1. The van der Waals surface area contributed by atoms with Gasteiger partial charge in [0.05, 0.1) is 28.1 Å². The Kier molecular flexibility index (Phi) is 13.3. The number of nitro groups is 1. The summed E-state index contributed by atoms with van der Waals surface area (Å²) in [4.78, 5) is 32.5. The van der Waals surface area contributed by atoms with Crippen molar-refractivity contribution >= 4 is 50.2 Å². The monoisotopic (exact) mass is 916 g/mol. The van der Waals surface area contributed by atoms with Crippen LogP contribution in [-0.2, 0) is 14.8 Å². The first kappa shape index (κ1) is 44.9. The van der Waals surface area contributed by atoms with Crippen molar-refractivity contribution in [2.45, 2.75) is 94.4 Å². The van der Waals surface area contributed by atoms with Crippen molar-refractivity contribution in [3.8, 4) is 5.75 Å². The largest absolute Gasteiger partial charge is 0.489 e. The number of nitro benzene ring substituents is 1. The molecule has 64 heavy (non-hydrogen) atoms. The second kappa shape index (κ2) is 18.9. The van der Waals surface area contributed by atoms with Crippen LogP contribution in [0.5, 0.6) is 5.75 Å². The predicted octanol–water partition coefficient (Wildman–Crippen LogP) is 6.45. The van der Waals surface area contributed by atoms with E-state index in [4.69, 9.17) is 21.1 Å². The number of sulfonamides is 1. The zero-order chi connectivity index (χ0) is 44.6. The maximum Gasteiger partial charge on any atom is 0.293 e. The number of ether oxygens (including phenoxy) is 2. The SMILES string of the molecule is CC1(C)CCC(CN2CCN(c3ccc(C(=O)NS(=O)(=O)c4ccc(NCC5CN(C6CC6)CCO5)c([N+](=O)[O-])c4)c(OC4CCCC5NNCC54)c3)CC2)=C(c2ccc(Cl)cc2)C1. The highest BCUT2D eigenvalue weighted by Gasteiger charge is 2.39. The molecule has 0 radical (unpaired) electrons. The second-order valence-electron chi connectivity index (χ2n) is 19.2. The fourth-order valence-electron chi connectivity index (χ4n) is 10.3. The van der Waals surface area contributed by atoms with Gasteiger partial charge in [-0.2, -0.15) is 0 Å². The summed E-state index contributed by atoms with van der Waals surface area (Å²) >= 11 is 6.26.